The van der Waals surface area contributed by atoms with Gasteiger partial charge in [0.25, 0.3) is 0 Å². The summed E-state index contributed by atoms with van der Waals surface area (Å²) in [6, 6.07) is 16.3. The summed E-state index contributed by atoms with van der Waals surface area (Å²) in [5.74, 6) is 0. The Balaban J connectivity index is 0.000000161. The predicted molar refractivity (Wildman–Crippen MR) is 121 cm³/mol. The SMILES string of the molecule is NC(=S)N1CCc2ccccc2C1N.NC(=S)N1CCc2ccccc2C1N. The van der Waals surface area contributed by atoms with Crippen molar-refractivity contribution in [3.63, 3.8) is 0 Å². The summed E-state index contributed by atoms with van der Waals surface area (Å²) < 4.78 is 0. The molecule has 0 aromatic heterocycles. The van der Waals surface area contributed by atoms with Gasteiger partial charge in [-0.05, 0) is 59.5 Å². The Bertz CT molecular complexity index is 800. The van der Waals surface area contributed by atoms with Crippen molar-refractivity contribution in [2.75, 3.05) is 13.1 Å². The first kappa shape index (κ1) is 20.5. The number of fused-ring (bicyclic) bond motifs is 2. The van der Waals surface area contributed by atoms with Crippen LogP contribution in [0.2, 0.25) is 0 Å². The molecule has 0 radical (unpaired) electrons. The zero-order valence-corrected chi connectivity index (χ0v) is 17.3. The van der Waals surface area contributed by atoms with Gasteiger partial charge in [-0.15, -0.1) is 0 Å². The van der Waals surface area contributed by atoms with E-state index in [1.165, 1.54) is 11.1 Å². The van der Waals surface area contributed by atoms with E-state index in [9.17, 15) is 0 Å². The van der Waals surface area contributed by atoms with Gasteiger partial charge in [0.1, 0.15) is 12.3 Å². The van der Waals surface area contributed by atoms with Crippen molar-refractivity contribution in [1.82, 2.24) is 9.80 Å². The molecular weight excluding hydrogens is 388 g/mol. The molecule has 0 aliphatic carbocycles. The van der Waals surface area contributed by atoms with Crippen molar-refractivity contribution in [2.24, 2.45) is 22.9 Å². The Hall–Kier alpha value is -2.26. The molecule has 2 heterocycles. The lowest BCUT2D eigenvalue weighted by atomic mass is 9.98. The van der Waals surface area contributed by atoms with Crippen molar-refractivity contribution < 1.29 is 0 Å². The van der Waals surface area contributed by atoms with Crippen LogP contribution in [-0.2, 0) is 12.8 Å². The number of hydrogen-bond acceptors (Lipinski definition) is 4. The Morgan fingerprint density at radius 1 is 0.714 bits per heavy atom. The number of rotatable bonds is 0. The summed E-state index contributed by atoms with van der Waals surface area (Å²) in [7, 11) is 0. The highest BCUT2D eigenvalue weighted by atomic mass is 32.1. The maximum atomic E-state index is 6.05. The van der Waals surface area contributed by atoms with Gasteiger partial charge >= 0.3 is 0 Å². The molecule has 0 spiro atoms. The molecule has 0 fully saturated rings. The predicted octanol–water partition coefficient (Wildman–Crippen LogP) is 1.49. The maximum Gasteiger partial charge on any atom is 0.167 e. The molecule has 2 aliphatic rings. The van der Waals surface area contributed by atoms with Gasteiger partial charge in [-0.3, -0.25) is 0 Å². The maximum absolute atomic E-state index is 6.05. The molecule has 0 amide bonds. The number of thiocarbonyl (C=S) groups is 2. The molecule has 6 nitrogen and oxygen atoms in total. The lowest BCUT2D eigenvalue weighted by Gasteiger charge is -2.35. The summed E-state index contributed by atoms with van der Waals surface area (Å²) in [6.45, 7) is 1.63. The third kappa shape index (κ3) is 4.25. The Labute approximate surface area is 176 Å². The van der Waals surface area contributed by atoms with Crippen LogP contribution < -0.4 is 22.9 Å². The van der Waals surface area contributed by atoms with Crippen LogP contribution in [-0.4, -0.2) is 33.1 Å². The Morgan fingerprint density at radius 2 is 1.07 bits per heavy atom. The second-order valence-corrected chi connectivity index (χ2v) is 7.69. The molecule has 28 heavy (non-hydrogen) atoms. The second kappa shape index (κ2) is 8.83. The Morgan fingerprint density at radius 3 is 1.43 bits per heavy atom. The van der Waals surface area contributed by atoms with Gasteiger partial charge in [-0.1, -0.05) is 48.5 Å². The summed E-state index contributed by atoms with van der Waals surface area (Å²) in [5.41, 5.74) is 28.1. The number of nitrogens with two attached hydrogens (primary N) is 4. The van der Waals surface area contributed by atoms with E-state index in [1.807, 2.05) is 46.2 Å². The van der Waals surface area contributed by atoms with Gasteiger partial charge in [0, 0.05) is 13.1 Å². The highest BCUT2D eigenvalue weighted by molar-refractivity contribution is 7.80. The lowest BCUT2D eigenvalue weighted by molar-refractivity contribution is 0.308. The Kier molecular flexibility index (Phi) is 6.46. The van der Waals surface area contributed by atoms with Crippen molar-refractivity contribution in [3.05, 3.63) is 70.8 Å². The normalized spacial score (nSPS) is 20.4. The molecular formula is C20H26N6S2. The van der Waals surface area contributed by atoms with Crippen LogP contribution in [0.25, 0.3) is 0 Å². The van der Waals surface area contributed by atoms with E-state index < -0.39 is 0 Å². The molecule has 2 aromatic rings. The quantitative estimate of drug-likeness (QED) is 0.480. The van der Waals surface area contributed by atoms with Gasteiger partial charge in [-0.25, -0.2) is 0 Å². The fraction of sp³-hybridized carbons (Fsp3) is 0.300. The molecule has 4 rings (SSSR count). The van der Waals surface area contributed by atoms with Gasteiger partial charge < -0.3 is 32.7 Å². The minimum Gasteiger partial charge on any atom is -0.376 e. The first-order chi connectivity index (χ1) is 13.4. The van der Waals surface area contributed by atoms with Crippen LogP contribution in [0.5, 0.6) is 0 Å². The molecule has 8 N–H and O–H groups in total. The van der Waals surface area contributed by atoms with Gasteiger partial charge in [0.2, 0.25) is 0 Å². The molecule has 8 heteroatoms. The summed E-state index contributed by atoms with van der Waals surface area (Å²) in [6.07, 6.45) is 1.55. The summed E-state index contributed by atoms with van der Waals surface area (Å²) in [5, 5.41) is 0.763. The lowest BCUT2D eigenvalue weighted by Crippen LogP contribution is -2.46. The molecule has 2 unspecified atom stereocenters. The summed E-state index contributed by atoms with van der Waals surface area (Å²) >= 11 is 9.89. The molecule has 2 aromatic carbocycles. The van der Waals surface area contributed by atoms with E-state index in [0.29, 0.717) is 10.2 Å². The van der Waals surface area contributed by atoms with Crippen molar-refractivity contribution in [2.45, 2.75) is 25.2 Å². The fourth-order valence-electron chi connectivity index (χ4n) is 3.69. The minimum absolute atomic E-state index is 0.183. The van der Waals surface area contributed by atoms with Crippen LogP contribution >= 0.6 is 24.4 Å². The number of hydrogen-bond donors (Lipinski definition) is 4. The number of nitrogens with zero attached hydrogens (tertiary/aromatic N) is 2. The molecule has 148 valence electrons. The molecule has 2 aliphatic heterocycles. The molecule has 0 bridgehead atoms. The van der Waals surface area contributed by atoms with E-state index in [1.54, 1.807) is 0 Å². The third-order valence-electron chi connectivity index (χ3n) is 5.23. The highest BCUT2D eigenvalue weighted by Crippen LogP contribution is 2.26. The van der Waals surface area contributed by atoms with E-state index >= 15 is 0 Å². The second-order valence-electron chi connectivity index (χ2n) is 6.85. The molecule has 2 atom stereocenters. The first-order valence-corrected chi connectivity index (χ1v) is 10.0. The average molecular weight is 415 g/mol. The van der Waals surface area contributed by atoms with Crippen molar-refractivity contribution in [3.8, 4) is 0 Å². The average Bonchev–Trinajstić information content (AvgIpc) is 2.69. The van der Waals surface area contributed by atoms with Gasteiger partial charge in [-0.2, -0.15) is 0 Å². The van der Waals surface area contributed by atoms with E-state index in [2.05, 4.69) is 12.1 Å². The van der Waals surface area contributed by atoms with Crippen LogP contribution in [0.15, 0.2) is 48.5 Å². The van der Waals surface area contributed by atoms with Crippen LogP contribution in [0.1, 0.15) is 34.6 Å². The smallest absolute Gasteiger partial charge is 0.167 e. The summed E-state index contributed by atoms with van der Waals surface area (Å²) in [4.78, 5) is 3.72. The van der Waals surface area contributed by atoms with E-state index in [4.69, 9.17) is 47.4 Å². The zero-order chi connectivity index (χ0) is 20.3. The van der Waals surface area contributed by atoms with Crippen molar-refractivity contribution >= 4 is 34.7 Å². The molecule has 0 saturated heterocycles. The monoisotopic (exact) mass is 414 g/mol. The third-order valence-corrected chi connectivity index (χ3v) is 5.70. The zero-order valence-electron chi connectivity index (χ0n) is 15.6. The highest BCUT2D eigenvalue weighted by Gasteiger charge is 2.25. The number of benzene rings is 2. The van der Waals surface area contributed by atoms with E-state index in [-0.39, 0.29) is 12.3 Å². The standard InChI is InChI=1S/2C10H13N3S/c2*11-9-8-4-2-1-3-7(8)5-6-13(9)10(12)14/h2*1-4,9H,5-6,11H2,(H2,12,14). The largest absolute Gasteiger partial charge is 0.376 e. The van der Waals surface area contributed by atoms with Crippen LogP contribution in [0, 0.1) is 0 Å². The van der Waals surface area contributed by atoms with Crippen molar-refractivity contribution in [1.29, 1.82) is 0 Å². The first-order valence-electron chi connectivity index (χ1n) is 9.19. The van der Waals surface area contributed by atoms with Crippen LogP contribution in [0.3, 0.4) is 0 Å². The van der Waals surface area contributed by atoms with Gasteiger partial charge in [0.15, 0.2) is 10.2 Å². The van der Waals surface area contributed by atoms with Gasteiger partial charge in [0.05, 0.1) is 0 Å². The van der Waals surface area contributed by atoms with E-state index in [0.717, 1.165) is 37.1 Å². The molecule has 0 saturated carbocycles. The topological polar surface area (TPSA) is 111 Å². The minimum atomic E-state index is -0.183. The van der Waals surface area contributed by atoms with Crippen LogP contribution in [0.4, 0.5) is 0 Å². The fourth-order valence-corrected chi connectivity index (χ4v) is 4.10.